The molecule has 1 heterocycles. The fourth-order valence-corrected chi connectivity index (χ4v) is 2.84. The third kappa shape index (κ3) is 3.53. The third-order valence-electron chi connectivity index (χ3n) is 3.86. The van der Waals surface area contributed by atoms with Gasteiger partial charge in [-0.3, -0.25) is 4.79 Å². The minimum atomic E-state index is -0.968. The van der Waals surface area contributed by atoms with Crippen LogP contribution in [0.3, 0.4) is 0 Å². The molecule has 112 valence electrons. The van der Waals surface area contributed by atoms with Gasteiger partial charge in [0.25, 0.3) is 0 Å². The van der Waals surface area contributed by atoms with Crippen molar-refractivity contribution < 1.29 is 14.6 Å². The van der Waals surface area contributed by atoms with Crippen LogP contribution in [-0.4, -0.2) is 24.3 Å². The van der Waals surface area contributed by atoms with Crippen molar-refractivity contribution in [1.82, 2.24) is 0 Å². The van der Waals surface area contributed by atoms with Crippen molar-refractivity contribution in [2.75, 3.05) is 13.2 Å². The van der Waals surface area contributed by atoms with Crippen molar-refractivity contribution in [3.63, 3.8) is 0 Å². The fraction of sp³-hybridized carbons (Fsp3) is 0.467. The first kappa shape index (κ1) is 15.8. The van der Waals surface area contributed by atoms with Crippen molar-refractivity contribution in [2.24, 2.45) is 5.73 Å². The lowest BCUT2D eigenvalue weighted by Crippen LogP contribution is -2.32. The number of benzene rings is 1. The highest BCUT2D eigenvalue weighted by molar-refractivity contribution is 6.30. The Morgan fingerprint density at radius 2 is 2.14 bits per heavy atom. The molecule has 5 nitrogen and oxygen atoms in total. The zero-order valence-corrected chi connectivity index (χ0v) is 12.3. The summed E-state index contributed by atoms with van der Waals surface area (Å²) in [6, 6.07) is 6.94. The van der Waals surface area contributed by atoms with Crippen LogP contribution in [0.2, 0.25) is 5.02 Å². The Balaban J connectivity index is 2.38. The summed E-state index contributed by atoms with van der Waals surface area (Å²) in [6.45, 7) is 1.05. The van der Waals surface area contributed by atoms with Crippen molar-refractivity contribution >= 4 is 17.6 Å². The van der Waals surface area contributed by atoms with E-state index in [9.17, 15) is 10.1 Å². The maximum atomic E-state index is 10.8. The number of aliphatic carboxylic acids is 1. The number of carbonyl (C=O) groups is 1. The summed E-state index contributed by atoms with van der Waals surface area (Å²) in [7, 11) is 0. The van der Waals surface area contributed by atoms with Crippen LogP contribution in [0.25, 0.3) is 0 Å². The van der Waals surface area contributed by atoms with Gasteiger partial charge in [-0.25, -0.2) is 0 Å². The van der Waals surface area contributed by atoms with Gasteiger partial charge in [0.1, 0.15) is 0 Å². The van der Waals surface area contributed by atoms with Gasteiger partial charge in [-0.1, -0.05) is 17.7 Å². The lowest BCUT2D eigenvalue weighted by molar-refractivity contribution is -0.137. The largest absolute Gasteiger partial charge is 0.481 e. The molecule has 0 spiro atoms. The summed E-state index contributed by atoms with van der Waals surface area (Å²) < 4.78 is 5.32. The Morgan fingerprint density at radius 3 is 2.71 bits per heavy atom. The highest BCUT2D eigenvalue weighted by atomic mass is 35.5. The van der Waals surface area contributed by atoms with E-state index >= 15 is 0 Å². The zero-order valence-electron chi connectivity index (χ0n) is 11.5. The monoisotopic (exact) mass is 308 g/mol. The van der Waals surface area contributed by atoms with E-state index in [2.05, 4.69) is 6.07 Å². The maximum absolute atomic E-state index is 10.8. The first-order valence-corrected chi connectivity index (χ1v) is 7.12. The molecule has 2 rings (SSSR count). The molecule has 1 aromatic carbocycles. The fourth-order valence-electron chi connectivity index (χ4n) is 2.59. The summed E-state index contributed by atoms with van der Waals surface area (Å²) in [5, 5.41) is 18.9. The van der Waals surface area contributed by atoms with E-state index in [1.807, 2.05) is 0 Å². The smallest absolute Gasteiger partial charge is 0.305 e. The standard InChI is InChI=1S/C15H17ClN2O3/c16-12-6-10(13(18)8-14(19)20)5-11(7-12)15(9-17)1-3-21-4-2-15/h5-7,13H,1-4,8,18H2,(H,19,20). The molecule has 1 aliphatic rings. The molecule has 0 aliphatic carbocycles. The highest BCUT2D eigenvalue weighted by Gasteiger charge is 2.35. The van der Waals surface area contributed by atoms with Crippen LogP contribution in [0.5, 0.6) is 0 Å². The third-order valence-corrected chi connectivity index (χ3v) is 4.07. The van der Waals surface area contributed by atoms with Crippen molar-refractivity contribution in [2.45, 2.75) is 30.7 Å². The average molecular weight is 309 g/mol. The molecule has 0 aromatic heterocycles. The second-order valence-electron chi connectivity index (χ2n) is 5.28. The number of nitrogens with two attached hydrogens (primary N) is 1. The Bertz CT molecular complexity index is 577. The van der Waals surface area contributed by atoms with Gasteiger partial charge >= 0.3 is 5.97 Å². The predicted molar refractivity (Wildman–Crippen MR) is 78.0 cm³/mol. The van der Waals surface area contributed by atoms with E-state index < -0.39 is 17.4 Å². The Hall–Kier alpha value is -1.61. The molecule has 0 amide bonds. The molecular weight excluding hydrogens is 292 g/mol. The van der Waals surface area contributed by atoms with E-state index in [0.29, 0.717) is 36.6 Å². The number of carboxylic acids is 1. The number of ether oxygens (including phenoxy) is 1. The van der Waals surface area contributed by atoms with Crippen LogP contribution in [0.4, 0.5) is 0 Å². The summed E-state index contributed by atoms with van der Waals surface area (Å²) in [5.41, 5.74) is 6.69. The number of hydrogen-bond donors (Lipinski definition) is 2. The summed E-state index contributed by atoms with van der Waals surface area (Å²) in [6.07, 6.45) is 1.01. The maximum Gasteiger partial charge on any atom is 0.305 e. The summed E-state index contributed by atoms with van der Waals surface area (Å²) in [4.78, 5) is 10.8. The van der Waals surface area contributed by atoms with Crippen LogP contribution in [0.1, 0.15) is 36.4 Å². The van der Waals surface area contributed by atoms with Gasteiger partial charge in [-0.15, -0.1) is 0 Å². The van der Waals surface area contributed by atoms with E-state index in [0.717, 1.165) is 5.56 Å². The minimum Gasteiger partial charge on any atom is -0.481 e. The first-order valence-electron chi connectivity index (χ1n) is 6.74. The number of carboxylic acid groups (broad SMARTS) is 1. The molecule has 1 aliphatic heterocycles. The van der Waals surface area contributed by atoms with Crippen LogP contribution < -0.4 is 5.73 Å². The average Bonchev–Trinajstić information content (AvgIpc) is 2.46. The number of halogens is 1. The summed E-state index contributed by atoms with van der Waals surface area (Å²) in [5.74, 6) is -0.968. The molecular formula is C15H17ClN2O3. The molecule has 1 atom stereocenters. The van der Waals surface area contributed by atoms with Crippen LogP contribution in [0.15, 0.2) is 18.2 Å². The molecule has 6 heteroatoms. The number of rotatable bonds is 4. The van der Waals surface area contributed by atoms with Gasteiger partial charge in [-0.2, -0.15) is 5.26 Å². The molecule has 3 N–H and O–H groups in total. The quantitative estimate of drug-likeness (QED) is 0.890. The van der Waals surface area contributed by atoms with Gasteiger partial charge in [0.2, 0.25) is 0 Å². The Labute approximate surface area is 128 Å². The SMILES string of the molecule is N#CC1(c2cc(Cl)cc(C(N)CC(=O)O)c2)CCOCC1. The molecule has 1 aromatic rings. The molecule has 1 unspecified atom stereocenters. The van der Waals surface area contributed by atoms with Crippen LogP contribution >= 0.6 is 11.6 Å². The normalized spacial score (nSPS) is 18.7. The van der Waals surface area contributed by atoms with Crippen LogP contribution in [0, 0.1) is 11.3 Å². The van der Waals surface area contributed by atoms with Gasteiger partial charge in [0.15, 0.2) is 0 Å². The predicted octanol–water partition coefficient (Wildman–Crippen LogP) is 2.39. The summed E-state index contributed by atoms with van der Waals surface area (Å²) >= 11 is 6.13. The van der Waals surface area contributed by atoms with Crippen LogP contribution in [-0.2, 0) is 14.9 Å². The number of nitrogens with zero attached hydrogens (tertiary/aromatic N) is 1. The van der Waals surface area contributed by atoms with Gasteiger partial charge in [-0.05, 0) is 36.1 Å². The lowest BCUT2D eigenvalue weighted by atomic mass is 9.75. The topological polar surface area (TPSA) is 96.3 Å². The lowest BCUT2D eigenvalue weighted by Gasteiger charge is -2.31. The van der Waals surface area contributed by atoms with E-state index in [-0.39, 0.29) is 6.42 Å². The molecule has 0 bridgehead atoms. The van der Waals surface area contributed by atoms with Gasteiger partial charge < -0.3 is 15.6 Å². The molecule has 1 saturated heterocycles. The Morgan fingerprint density at radius 1 is 1.48 bits per heavy atom. The molecule has 0 radical (unpaired) electrons. The van der Waals surface area contributed by atoms with E-state index in [1.54, 1.807) is 18.2 Å². The second-order valence-corrected chi connectivity index (χ2v) is 5.72. The van der Waals surface area contributed by atoms with Crippen molar-refractivity contribution in [3.05, 3.63) is 34.3 Å². The zero-order chi connectivity index (χ0) is 15.5. The molecule has 21 heavy (non-hydrogen) atoms. The van der Waals surface area contributed by atoms with Gasteiger partial charge in [0.05, 0.1) is 17.9 Å². The highest BCUT2D eigenvalue weighted by Crippen LogP contribution is 2.36. The minimum absolute atomic E-state index is 0.178. The molecule has 0 saturated carbocycles. The number of hydrogen-bond acceptors (Lipinski definition) is 4. The number of nitriles is 1. The van der Waals surface area contributed by atoms with E-state index in [1.165, 1.54) is 0 Å². The molecule has 1 fully saturated rings. The second kappa shape index (κ2) is 6.44. The van der Waals surface area contributed by atoms with E-state index in [4.69, 9.17) is 27.2 Å². The van der Waals surface area contributed by atoms with Crippen molar-refractivity contribution in [1.29, 1.82) is 5.26 Å². The van der Waals surface area contributed by atoms with Crippen molar-refractivity contribution in [3.8, 4) is 6.07 Å². The van der Waals surface area contributed by atoms with Gasteiger partial charge in [0, 0.05) is 24.3 Å². The first-order chi connectivity index (χ1) is 9.97. The Kier molecular flexibility index (Phi) is 4.84.